The van der Waals surface area contributed by atoms with Gasteiger partial charge in [-0.25, -0.2) is 0 Å². The average Bonchev–Trinajstić information content (AvgIpc) is 2.38. The van der Waals surface area contributed by atoms with Crippen LogP contribution in [0.15, 0.2) is 24.3 Å². The molecule has 1 aromatic carbocycles. The van der Waals surface area contributed by atoms with Gasteiger partial charge in [0.05, 0.1) is 4.92 Å². The van der Waals surface area contributed by atoms with Crippen molar-refractivity contribution in [3.63, 3.8) is 0 Å². The van der Waals surface area contributed by atoms with E-state index < -0.39 is 0 Å². The van der Waals surface area contributed by atoms with Crippen molar-refractivity contribution in [1.82, 2.24) is 5.32 Å². The first kappa shape index (κ1) is 14.6. The van der Waals surface area contributed by atoms with E-state index in [9.17, 15) is 10.1 Å². The van der Waals surface area contributed by atoms with Crippen LogP contribution in [0.3, 0.4) is 0 Å². The highest BCUT2D eigenvalue weighted by Crippen LogP contribution is 2.22. The van der Waals surface area contributed by atoms with Crippen molar-refractivity contribution in [2.75, 3.05) is 6.54 Å². The number of nitro groups is 1. The molecule has 1 rings (SSSR count). The van der Waals surface area contributed by atoms with Gasteiger partial charge in [-0.1, -0.05) is 38.8 Å². The molecule has 0 aliphatic heterocycles. The normalized spacial score (nSPS) is 12.3. The third-order valence-electron chi connectivity index (χ3n) is 2.98. The number of nitro benzene ring substituents is 1. The van der Waals surface area contributed by atoms with Gasteiger partial charge >= 0.3 is 0 Å². The van der Waals surface area contributed by atoms with E-state index in [1.54, 1.807) is 18.2 Å². The van der Waals surface area contributed by atoms with Crippen LogP contribution in [0.1, 0.15) is 51.1 Å². The molecule has 1 aromatic rings. The van der Waals surface area contributed by atoms with Gasteiger partial charge in [-0.2, -0.15) is 0 Å². The topological polar surface area (TPSA) is 55.2 Å². The Morgan fingerprint density at radius 2 is 2.11 bits per heavy atom. The Morgan fingerprint density at radius 3 is 2.72 bits per heavy atom. The summed E-state index contributed by atoms with van der Waals surface area (Å²) >= 11 is 0. The van der Waals surface area contributed by atoms with E-state index >= 15 is 0 Å². The van der Waals surface area contributed by atoms with Gasteiger partial charge in [0.25, 0.3) is 5.69 Å². The quantitative estimate of drug-likeness (QED) is 0.433. The number of hydrogen-bond donors (Lipinski definition) is 1. The van der Waals surface area contributed by atoms with Crippen LogP contribution >= 0.6 is 0 Å². The fourth-order valence-corrected chi connectivity index (χ4v) is 1.98. The van der Waals surface area contributed by atoms with E-state index in [1.807, 2.05) is 6.07 Å². The van der Waals surface area contributed by atoms with Gasteiger partial charge in [-0.15, -0.1) is 0 Å². The summed E-state index contributed by atoms with van der Waals surface area (Å²) < 4.78 is 0. The van der Waals surface area contributed by atoms with Gasteiger partial charge in [0.15, 0.2) is 0 Å². The largest absolute Gasteiger partial charge is 0.310 e. The maximum atomic E-state index is 10.8. The second-order valence-electron chi connectivity index (χ2n) is 4.50. The molecule has 0 fully saturated rings. The van der Waals surface area contributed by atoms with Gasteiger partial charge in [0.2, 0.25) is 0 Å². The molecule has 1 unspecified atom stereocenters. The molecule has 0 aliphatic rings. The lowest BCUT2D eigenvalue weighted by molar-refractivity contribution is -0.384. The Kier molecular flexibility index (Phi) is 6.36. The summed E-state index contributed by atoms with van der Waals surface area (Å²) in [5.74, 6) is 0. The van der Waals surface area contributed by atoms with Crippen LogP contribution in [0.2, 0.25) is 0 Å². The van der Waals surface area contributed by atoms with Crippen molar-refractivity contribution in [1.29, 1.82) is 0 Å². The molecule has 0 aromatic heterocycles. The third-order valence-corrected chi connectivity index (χ3v) is 2.98. The molecule has 4 nitrogen and oxygen atoms in total. The van der Waals surface area contributed by atoms with Crippen molar-refractivity contribution in [2.45, 2.75) is 45.6 Å². The minimum atomic E-state index is -0.335. The molecule has 1 N–H and O–H groups in total. The predicted octanol–water partition coefficient (Wildman–Crippen LogP) is 3.83. The summed E-state index contributed by atoms with van der Waals surface area (Å²) in [6, 6.07) is 7.17. The molecule has 0 aliphatic carbocycles. The third kappa shape index (κ3) is 4.45. The van der Waals surface area contributed by atoms with Gasteiger partial charge in [-0.05, 0) is 24.9 Å². The molecular formula is C14H22N2O2. The van der Waals surface area contributed by atoms with Gasteiger partial charge in [-0.3, -0.25) is 10.1 Å². The fourth-order valence-electron chi connectivity index (χ4n) is 1.98. The molecule has 0 spiro atoms. The molecule has 4 heteroatoms. The highest BCUT2D eigenvalue weighted by Gasteiger charge is 2.13. The van der Waals surface area contributed by atoms with E-state index in [0.717, 1.165) is 37.8 Å². The zero-order valence-corrected chi connectivity index (χ0v) is 11.2. The standard InChI is InChI=1S/C14H22N2O2/c1-3-5-10-15-14(7-4-2)12-8-6-9-13(11-12)16(17)18/h6,8-9,11,14-15H,3-5,7,10H2,1-2H3. The minimum Gasteiger partial charge on any atom is -0.310 e. The van der Waals surface area contributed by atoms with E-state index in [4.69, 9.17) is 0 Å². The van der Waals surface area contributed by atoms with E-state index in [-0.39, 0.29) is 16.7 Å². The predicted molar refractivity (Wildman–Crippen MR) is 73.7 cm³/mol. The number of rotatable bonds is 8. The fraction of sp³-hybridized carbons (Fsp3) is 0.571. The van der Waals surface area contributed by atoms with Crippen LogP contribution in [0, 0.1) is 10.1 Å². The smallest absolute Gasteiger partial charge is 0.269 e. The highest BCUT2D eigenvalue weighted by molar-refractivity contribution is 5.35. The maximum Gasteiger partial charge on any atom is 0.269 e. The number of nitrogens with one attached hydrogen (secondary N) is 1. The van der Waals surface area contributed by atoms with E-state index in [1.165, 1.54) is 0 Å². The molecule has 18 heavy (non-hydrogen) atoms. The second kappa shape index (κ2) is 7.82. The molecular weight excluding hydrogens is 228 g/mol. The number of unbranched alkanes of at least 4 members (excludes halogenated alkanes) is 1. The van der Waals surface area contributed by atoms with E-state index in [2.05, 4.69) is 19.2 Å². The number of non-ortho nitro benzene ring substituents is 1. The Hall–Kier alpha value is -1.42. The lowest BCUT2D eigenvalue weighted by Gasteiger charge is -2.18. The summed E-state index contributed by atoms with van der Waals surface area (Å²) in [7, 11) is 0. The molecule has 0 radical (unpaired) electrons. The monoisotopic (exact) mass is 250 g/mol. The Bertz CT molecular complexity index is 380. The number of benzene rings is 1. The van der Waals surface area contributed by atoms with Crippen LogP contribution in [0.25, 0.3) is 0 Å². The van der Waals surface area contributed by atoms with Gasteiger partial charge in [0, 0.05) is 18.2 Å². The van der Waals surface area contributed by atoms with Crippen LogP contribution in [0.4, 0.5) is 5.69 Å². The SMILES string of the molecule is CCCCNC(CCC)c1cccc([N+](=O)[O-])c1. The lowest BCUT2D eigenvalue weighted by Crippen LogP contribution is -2.22. The molecule has 100 valence electrons. The van der Waals surface area contributed by atoms with Crippen molar-refractivity contribution in [2.24, 2.45) is 0 Å². The zero-order chi connectivity index (χ0) is 13.4. The van der Waals surface area contributed by atoms with Crippen LogP contribution in [-0.4, -0.2) is 11.5 Å². The zero-order valence-electron chi connectivity index (χ0n) is 11.2. The van der Waals surface area contributed by atoms with Crippen molar-refractivity contribution < 1.29 is 4.92 Å². The minimum absolute atomic E-state index is 0.172. The Balaban J connectivity index is 2.77. The maximum absolute atomic E-state index is 10.8. The van der Waals surface area contributed by atoms with Gasteiger partial charge in [0.1, 0.15) is 0 Å². The first-order valence-electron chi connectivity index (χ1n) is 6.66. The van der Waals surface area contributed by atoms with Crippen LogP contribution in [0.5, 0.6) is 0 Å². The molecule has 0 saturated carbocycles. The molecule has 0 bridgehead atoms. The summed E-state index contributed by atoms with van der Waals surface area (Å²) in [6.07, 6.45) is 4.35. The summed E-state index contributed by atoms with van der Waals surface area (Å²) in [4.78, 5) is 10.4. The summed E-state index contributed by atoms with van der Waals surface area (Å²) in [5.41, 5.74) is 1.19. The van der Waals surface area contributed by atoms with Crippen molar-refractivity contribution in [3.05, 3.63) is 39.9 Å². The van der Waals surface area contributed by atoms with Crippen molar-refractivity contribution in [3.8, 4) is 0 Å². The molecule has 1 atom stereocenters. The first-order chi connectivity index (χ1) is 8.69. The average molecular weight is 250 g/mol. The van der Waals surface area contributed by atoms with E-state index in [0.29, 0.717) is 0 Å². The van der Waals surface area contributed by atoms with Crippen LogP contribution < -0.4 is 5.32 Å². The van der Waals surface area contributed by atoms with Crippen LogP contribution in [-0.2, 0) is 0 Å². The molecule has 0 heterocycles. The van der Waals surface area contributed by atoms with Crippen molar-refractivity contribution >= 4 is 5.69 Å². The number of nitrogens with zero attached hydrogens (tertiary/aromatic N) is 1. The molecule has 0 amide bonds. The number of hydrogen-bond acceptors (Lipinski definition) is 3. The highest BCUT2D eigenvalue weighted by atomic mass is 16.6. The lowest BCUT2D eigenvalue weighted by atomic mass is 10.0. The summed E-state index contributed by atoms with van der Waals surface area (Å²) in [6.45, 7) is 5.25. The molecule has 0 saturated heterocycles. The second-order valence-corrected chi connectivity index (χ2v) is 4.50. The Morgan fingerprint density at radius 1 is 1.33 bits per heavy atom. The first-order valence-corrected chi connectivity index (χ1v) is 6.66. The summed E-state index contributed by atoms with van der Waals surface area (Å²) in [5, 5.41) is 14.3. The van der Waals surface area contributed by atoms with Gasteiger partial charge < -0.3 is 5.32 Å². The Labute approximate surface area is 109 Å².